The Kier molecular flexibility index (Phi) is 5.29. The Hall–Kier alpha value is -2.90. The molecule has 0 fully saturated rings. The molecule has 0 unspecified atom stereocenters. The smallest absolute Gasteiger partial charge is 0.308 e. The van der Waals surface area contributed by atoms with E-state index in [4.69, 9.17) is 9.15 Å². The first-order valence-corrected chi connectivity index (χ1v) is 7.00. The summed E-state index contributed by atoms with van der Waals surface area (Å²) in [5, 5.41) is 6.28. The summed E-state index contributed by atoms with van der Waals surface area (Å²) in [5.74, 6) is -1.93. The second-order valence-corrected chi connectivity index (χ2v) is 4.92. The monoisotopic (exact) mass is 319 g/mol. The third-order valence-electron chi connectivity index (χ3n) is 2.99. The first-order chi connectivity index (χ1) is 11.0. The standard InChI is InChI=1S/C15H17N3O5/c1-10-8-11(2)18(17-10)6-5-14(20)23-9-13(19)16-15(21)12-4-3-7-22-12/h3-4,7-8H,5-6,9H2,1-2H3,(H,16,19,21). The van der Waals surface area contributed by atoms with Gasteiger partial charge in [0.15, 0.2) is 12.4 Å². The van der Waals surface area contributed by atoms with E-state index < -0.39 is 24.4 Å². The summed E-state index contributed by atoms with van der Waals surface area (Å²) in [7, 11) is 0. The van der Waals surface area contributed by atoms with Crippen molar-refractivity contribution in [1.29, 1.82) is 0 Å². The number of carbonyl (C=O) groups is 3. The highest BCUT2D eigenvalue weighted by Crippen LogP contribution is 2.03. The highest BCUT2D eigenvalue weighted by molar-refractivity contribution is 6.03. The number of nitrogens with one attached hydrogen (secondary N) is 1. The molecular formula is C15H17N3O5. The molecule has 0 atom stereocenters. The molecule has 0 saturated heterocycles. The van der Waals surface area contributed by atoms with Gasteiger partial charge in [-0.3, -0.25) is 24.4 Å². The zero-order chi connectivity index (χ0) is 16.8. The highest BCUT2D eigenvalue weighted by atomic mass is 16.5. The Morgan fingerprint density at radius 1 is 1.35 bits per heavy atom. The van der Waals surface area contributed by atoms with E-state index in [-0.39, 0.29) is 12.2 Å². The van der Waals surface area contributed by atoms with Gasteiger partial charge in [0.2, 0.25) is 0 Å². The summed E-state index contributed by atoms with van der Waals surface area (Å²) in [6.45, 7) is 3.59. The van der Waals surface area contributed by atoms with Crippen molar-refractivity contribution in [3.8, 4) is 0 Å². The van der Waals surface area contributed by atoms with Crippen molar-refractivity contribution in [3.63, 3.8) is 0 Å². The Labute approximate surface area is 132 Å². The van der Waals surface area contributed by atoms with Crippen LogP contribution in [0.1, 0.15) is 28.4 Å². The molecule has 0 aliphatic heterocycles. The van der Waals surface area contributed by atoms with Crippen molar-refractivity contribution in [2.45, 2.75) is 26.8 Å². The fourth-order valence-electron chi connectivity index (χ4n) is 1.95. The van der Waals surface area contributed by atoms with Crippen LogP contribution in [0.3, 0.4) is 0 Å². The third-order valence-corrected chi connectivity index (χ3v) is 2.99. The average Bonchev–Trinajstić information content (AvgIpc) is 3.12. The maximum absolute atomic E-state index is 11.6. The molecule has 23 heavy (non-hydrogen) atoms. The maximum Gasteiger partial charge on any atom is 0.308 e. The van der Waals surface area contributed by atoms with Crippen molar-refractivity contribution in [2.75, 3.05) is 6.61 Å². The van der Waals surface area contributed by atoms with Gasteiger partial charge in [0, 0.05) is 5.69 Å². The number of esters is 1. The Morgan fingerprint density at radius 2 is 2.13 bits per heavy atom. The molecule has 2 amide bonds. The molecule has 2 aromatic heterocycles. The SMILES string of the molecule is Cc1cc(C)n(CCC(=O)OCC(=O)NC(=O)c2ccco2)n1. The molecule has 0 bridgehead atoms. The van der Waals surface area contributed by atoms with Crippen LogP contribution in [0.2, 0.25) is 0 Å². The molecule has 8 heteroatoms. The van der Waals surface area contributed by atoms with Gasteiger partial charge >= 0.3 is 5.97 Å². The van der Waals surface area contributed by atoms with Gasteiger partial charge in [-0.15, -0.1) is 0 Å². The Balaban J connectivity index is 1.70. The number of amides is 2. The lowest BCUT2D eigenvalue weighted by molar-refractivity contribution is -0.148. The van der Waals surface area contributed by atoms with Crippen LogP contribution in [0, 0.1) is 13.8 Å². The molecule has 8 nitrogen and oxygen atoms in total. The largest absolute Gasteiger partial charge is 0.459 e. The van der Waals surface area contributed by atoms with E-state index >= 15 is 0 Å². The molecule has 2 heterocycles. The number of aromatic nitrogens is 2. The predicted molar refractivity (Wildman–Crippen MR) is 78.5 cm³/mol. The van der Waals surface area contributed by atoms with E-state index in [1.54, 1.807) is 4.68 Å². The summed E-state index contributed by atoms with van der Waals surface area (Å²) >= 11 is 0. The van der Waals surface area contributed by atoms with E-state index in [2.05, 4.69) is 10.4 Å². The number of rotatable bonds is 6. The normalized spacial score (nSPS) is 10.3. The molecule has 1 N–H and O–H groups in total. The molecular weight excluding hydrogens is 302 g/mol. The molecule has 2 aromatic rings. The van der Waals surface area contributed by atoms with Gasteiger partial charge in [-0.1, -0.05) is 0 Å². The fraction of sp³-hybridized carbons (Fsp3) is 0.333. The molecule has 0 radical (unpaired) electrons. The summed E-state index contributed by atoms with van der Waals surface area (Å²) in [5.41, 5.74) is 1.81. The Morgan fingerprint density at radius 3 is 2.74 bits per heavy atom. The lowest BCUT2D eigenvalue weighted by Crippen LogP contribution is -2.34. The van der Waals surface area contributed by atoms with Crippen LogP contribution in [0.15, 0.2) is 28.9 Å². The van der Waals surface area contributed by atoms with Gasteiger partial charge in [-0.05, 0) is 32.0 Å². The summed E-state index contributed by atoms with van der Waals surface area (Å²) in [4.78, 5) is 34.7. The van der Waals surface area contributed by atoms with E-state index in [1.807, 2.05) is 19.9 Å². The number of hydrogen-bond acceptors (Lipinski definition) is 6. The van der Waals surface area contributed by atoms with Crippen LogP contribution >= 0.6 is 0 Å². The number of aryl methyl sites for hydroxylation is 3. The summed E-state index contributed by atoms with van der Waals surface area (Å²) in [6, 6.07) is 4.85. The van der Waals surface area contributed by atoms with Gasteiger partial charge in [-0.25, -0.2) is 0 Å². The topological polar surface area (TPSA) is 103 Å². The number of nitrogens with zero attached hydrogens (tertiary/aromatic N) is 2. The van der Waals surface area contributed by atoms with Crippen molar-refractivity contribution < 1.29 is 23.5 Å². The van der Waals surface area contributed by atoms with E-state index in [1.165, 1.54) is 18.4 Å². The fourth-order valence-corrected chi connectivity index (χ4v) is 1.95. The summed E-state index contributed by atoms with van der Waals surface area (Å²) in [6.07, 6.45) is 1.40. The lowest BCUT2D eigenvalue weighted by atomic mass is 10.4. The lowest BCUT2D eigenvalue weighted by Gasteiger charge is -2.06. The van der Waals surface area contributed by atoms with Crippen molar-refractivity contribution >= 4 is 17.8 Å². The number of furan rings is 1. The molecule has 0 aliphatic carbocycles. The number of imide groups is 1. The highest BCUT2D eigenvalue weighted by Gasteiger charge is 2.14. The van der Waals surface area contributed by atoms with Crippen molar-refractivity contribution in [2.24, 2.45) is 0 Å². The van der Waals surface area contributed by atoms with Gasteiger partial charge in [0.1, 0.15) is 0 Å². The zero-order valence-electron chi connectivity index (χ0n) is 12.9. The van der Waals surface area contributed by atoms with Gasteiger partial charge in [0.05, 0.1) is 24.9 Å². The number of carbonyl (C=O) groups excluding carboxylic acids is 3. The quantitative estimate of drug-likeness (QED) is 0.796. The molecule has 122 valence electrons. The van der Waals surface area contributed by atoms with Crippen LogP contribution in [-0.2, 0) is 20.9 Å². The maximum atomic E-state index is 11.6. The molecule has 0 aliphatic rings. The zero-order valence-corrected chi connectivity index (χ0v) is 12.9. The van der Waals surface area contributed by atoms with E-state index in [0.717, 1.165) is 11.4 Å². The molecule has 0 aromatic carbocycles. The van der Waals surface area contributed by atoms with Gasteiger partial charge in [-0.2, -0.15) is 5.10 Å². The molecule has 2 rings (SSSR count). The molecule has 0 spiro atoms. The minimum absolute atomic E-state index is 0.00852. The van der Waals surface area contributed by atoms with Crippen LogP contribution in [0.5, 0.6) is 0 Å². The minimum atomic E-state index is -0.717. The van der Waals surface area contributed by atoms with E-state index in [0.29, 0.717) is 6.54 Å². The number of hydrogen-bond donors (Lipinski definition) is 1. The summed E-state index contributed by atoms with van der Waals surface area (Å²) < 4.78 is 11.3. The predicted octanol–water partition coefficient (Wildman–Crippen LogP) is 0.983. The van der Waals surface area contributed by atoms with Crippen LogP contribution in [-0.4, -0.2) is 34.2 Å². The Bertz CT molecular complexity index is 703. The van der Waals surface area contributed by atoms with Crippen molar-refractivity contribution in [1.82, 2.24) is 15.1 Å². The first-order valence-electron chi connectivity index (χ1n) is 7.00. The molecule has 0 saturated carbocycles. The van der Waals surface area contributed by atoms with E-state index in [9.17, 15) is 14.4 Å². The first kappa shape index (κ1) is 16.5. The minimum Gasteiger partial charge on any atom is -0.459 e. The third kappa shape index (κ3) is 4.80. The second-order valence-electron chi connectivity index (χ2n) is 4.92. The van der Waals surface area contributed by atoms with Crippen LogP contribution < -0.4 is 5.32 Å². The van der Waals surface area contributed by atoms with Crippen LogP contribution in [0.25, 0.3) is 0 Å². The van der Waals surface area contributed by atoms with Crippen LogP contribution in [0.4, 0.5) is 0 Å². The second kappa shape index (κ2) is 7.39. The average molecular weight is 319 g/mol. The van der Waals surface area contributed by atoms with Gasteiger partial charge in [0.25, 0.3) is 11.8 Å². The van der Waals surface area contributed by atoms with Gasteiger partial charge < -0.3 is 9.15 Å². The number of ether oxygens (including phenoxy) is 1. The van der Waals surface area contributed by atoms with Crippen molar-refractivity contribution in [3.05, 3.63) is 41.6 Å².